The number of aliphatic imine (C=N–C) groups is 1. The van der Waals surface area contributed by atoms with Gasteiger partial charge in [0.25, 0.3) is 11.8 Å². The quantitative estimate of drug-likeness (QED) is 0.558. The molecule has 1 aliphatic rings. The molecule has 8 nitrogen and oxygen atoms in total. The molecule has 0 radical (unpaired) electrons. The van der Waals surface area contributed by atoms with Crippen molar-refractivity contribution in [2.24, 2.45) is 10.4 Å². The van der Waals surface area contributed by atoms with Crippen LogP contribution >= 0.6 is 0 Å². The number of nitrogens with one attached hydrogen (secondary N) is 2. The first kappa shape index (κ1) is 28.0. The molecule has 0 saturated carbocycles. The second-order valence-corrected chi connectivity index (χ2v) is 10.7. The van der Waals surface area contributed by atoms with Crippen molar-refractivity contribution in [3.8, 4) is 0 Å². The fourth-order valence-electron chi connectivity index (χ4n) is 3.88. The van der Waals surface area contributed by atoms with E-state index in [9.17, 15) is 18.8 Å². The molecule has 0 aliphatic carbocycles. The third kappa shape index (κ3) is 8.21. The Balaban J connectivity index is 1.53. The maximum absolute atomic E-state index is 15.0. The molecule has 198 valence electrons. The third-order valence-corrected chi connectivity index (χ3v) is 5.86. The van der Waals surface area contributed by atoms with Gasteiger partial charge in [0.05, 0.1) is 5.56 Å². The van der Waals surface area contributed by atoms with E-state index in [2.05, 4.69) is 20.5 Å². The Bertz CT molecular complexity index is 1160. The summed E-state index contributed by atoms with van der Waals surface area (Å²) in [4.78, 5) is 44.9. The number of carbonyl (C=O) groups is 3. The zero-order chi connectivity index (χ0) is 27.2. The van der Waals surface area contributed by atoms with Crippen molar-refractivity contribution < 1.29 is 18.8 Å². The Kier molecular flexibility index (Phi) is 9.15. The highest BCUT2D eigenvalue weighted by Gasteiger charge is 2.24. The molecule has 0 bridgehead atoms. The van der Waals surface area contributed by atoms with Gasteiger partial charge in [0.2, 0.25) is 0 Å². The predicted octanol–water partition coefficient (Wildman–Crippen LogP) is 4.57. The Labute approximate surface area is 217 Å². The Morgan fingerprint density at radius 3 is 2.22 bits per heavy atom. The Morgan fingerprint density at radius 2 is 1.62 bits per heavy atom. The number of hydrogen-bond acceptors (Lipinski definition) is 4. The lowest BCUT2D eigenvalue weighted by Crippen LogP contribution is -2.48. The van der Waals surface area contributed by atoms with Crippen molar-refractivity contribution in [3.63, 3.8) is 0 Å². The van der Waals surface area contributed by atoms with Gasteiger partial charge in [0, 0.05) is 61.8 Å². The molecule has 0 unspecified atom stereocenters. The van der Waals surface area contributed by atoms with E-state index in [0.29, 0.717) is 61.8 Å². The standard InChI is InChI=1S/C28H36FN5O3/c1-19(2)31-25(35)23-8-6-7-21(24(23)29)17-33-13-15-34(16-14-33)26(36)20-9-11-22(12-10-20)32-27(37)30-18-28(3,4)5/h6-12H,13-18H2,1-5H3,(H2,30,32,37). The van der Waals surface area contributed by atoms with E-state index in [1.165, 1.54) is 6.07 Å². The number of hydrogen-bond donors (Lipinski definition) is 2. The van der Waals surface area contributed by atoms with Crippen LogP contribution in [0.15, 0.2) is 47.5 Å². The number of halogens is 1. The average molecular weight is 510 g/mol. The molecule has 0 spiro atoms. The van der Waals surface area contributed by atoms with Crippen LogP contribution in [0.25, 0.3) is 0 Å². The van der Waals surface area contributed by atoms with Crippen molar-refractivity contribution >= 4 is 29.2 Å². The molecule has 3 rings (SSSR count). The van der Waals surface area contributed by atoms with Crippen LogP contribution in [0.3, 0.4) is 0 Å². The van der Waals surface area contributed by atoms with E-state index in [1.54, 1.807) is 55.1 Å². The van der Waals surface area contributed by atoms with Gasteiger partial charge in [-0.25, -0.2) is 14.2 Å². The number of nitrogens with zero attached hydrogens (tertiary/aromatic N) is 3. The van der Waals surface area contributed by atoms with Gasteiger partial charge in [-0.15, -0.1) is 0 Å². The molecule has 9 heteroatoms. The monoisotopic (exact) mass is 509 g/mol. The topological polar surface area (TPSA) is 94.1 Å². The van der Waals surface area contributed by atoms with Crippen molar-refractivity contribution in [1.29, 1.82) is 0 Å². The molecule has 0 aromatic heterocycles. The number of rotatable bonds is 6. The number of amides is 4. The molecular formula is C28H36FN5O3. The van der Waals surface area contributed by atoms with Gasteiger partial charge in [-0.3, -0.25) is 14.5 Å². The van der Waals surface area contributed by atoms with Crippen LogP contribution in [0.4, 0.5) is 14.9 Å². The summed E-state index contributed by atoms with van der Waals surface area (Å²) in [5, 5.41) is 5.60. The van der Waals surface area contributed by atoms with Gasteiger partial charge in [-0.2, -0.15) is 0 Å². The minimum absolute atomic E-state index is 0.0161. The fraction of sp³-hybridized carbons (Fsp3) is 0.429. The number of urea groups is 1. The summed E-state index contributed by atoms with van der Waals surface area (Å²) in [5.41, 5.74) is 2.11. The van der Waals surface area contributed by atoms with Crippen LogP contribution < -0.4 is 10.6 Å². The second-order valence-electron chi connectivity index (χ2n) is 10.7. The molecule has 1 fully saturated rings. The van der Waals surface area contributed by atoms with Gasteiger partial charge in [-0.05, 0) is 49.6 Å². The van der Waals surface area contributed by atoms with E-state index >= 15 is 0 Å². The summed E-state index contributed by atoms with van der Waals surface area (Å²) in [6, 6.07) is 11.3. The molecular weight excluding hydrogens is 473 g/mol. The van der Waals surface area contributed by atoms with Crippen molar-refractivity contribution in [3.05, 3.63) is 65.0 Å². The summed E-state index contributed by atoms with van der Waals surface area (Å²) < 4.78 is 15.0. The Hall–Kier alpha value is -3.59. The molecule has 37 heavy (non-hydrogen) atoms. The highest BCUT2D eigenvalue weighted by molar-refractivity contribution is 6.02. The maximum atomic E-state index is 15.0. The van der Waals surface area contributed by atoms with Crippen molar-refractivity contribution in [1.82, 2.24) is 15.1 Å². The van der Waals surface area contributed by atoms with Gasteiger partial charge in [-0.1, -0.05) is 32.9 Å². The highest BCUT2D eigenvalue weighted by atomic mass is 19.1. The number of anilines is 1. The number of piperazine rings is 1. The zero-order valence-corrected chi connectivity index (χ0v) is 22.2. The molecule has 2 N–H and O–H groups in total. The molecule has 1 aliphatic heterocycles. The SMILES string of the molecule is CC(C)=NC(=O)c1cccc(CN2CCN(C(=O)c3ccc(NC(=O)NCC(C)(C)C)cc3)CC2)c1F. The lowest BCUT2D eigenvalue weighted by atomic mass is 9.97. The van der Waals surface area contributed by atoms with Crippen LogP contribution in [0.2, 0.25) is 0 Å². The fourth-order valence-corrected chi connectivity index (χ4v) is 3.88. The minimum atomic E-state index is -0.582. The lowest BCUT2D eigenvalue weighted by Gasteiger charge is -2.35. The summed E-state index contributed by atoms with van der Waals surface area (Å²) in [6.07, 6.45) is 0. The van der Waals surface area contributed by atoms with Crippen LogP contribution in [0.5, 0.6) is 0 Å². The number of carbonyl (C=O) groups excluding carboxylic acids is 3. The lowest BCUT2D eigenvalue weighted by molar-refractivity contribution is 0.0626. The van der Waals surface area contributed by atoms with Gasteiger partial charge in [0.15, 0.2) is 0 Å². The van der Waals surface area contributed by atoms with Crippen LogP contribution in [-0.4, -0.2) is 66.1 Å². The maximum Gasteiger partial charge on any atom is 0.319 e. The molecule has 1 heterocycles. The summed E-state index contributed by atoms with van der Waals surface area (Å²) >= 11 is 0. The van der Waals surface area contributed by atoms with Crippen LogP contribution in [0.1, 0.15) is 60.9 Å². The predicted molar refractivity (Wildman–Crippen MR) is 144 cm³/mol. The average Bonchev–Trinajstić information content (AvgIpc) is 2.84. The summed E-state index contributed by atoms with van der Waals surface area (Å²) in [5.74, 6) is -1.21. The van der Waals surface area contributed by atoms with E-state index < -0.39 is 11.7 Å². The normalized spacial score (nSPS) is 14.2. The Morgan fingerprint density at radius 1 is 0.973 bits per heavy atom. The van der Waals surface area contributed by atoms with E-state index in [1.807, 2.05) is 20.8 Å². The zero-order valence-electron chi connectivity index (χ0n) is 22.2. The molecule has 0 atom stereocenters. The van der Waals surface area contributed by atoms with Crippen LogP contribution in [-0.2, 0) is 6.54 Å². The number of benzene rings is 2. The van der Waals surface area contributed by atoms with Crippen molar-refractivity contribution in [2.45, 2.75) is 41.2 Å². The van der Waals surface area contributed by atoms with E-state index in [0.717, 1.165) is 0 Å². The smallest absolute Gasteiger partial charge is 0.319 e. The summed E-state index contributed by atoms with van der Waals surface area (Å²) in [7, 11) is 0. The second kappa shape index (κ2) is 12.1. The molecule has 2 aromatic rings. The largest absolute Gasteiger partial charge is 0.337 e. The first-order valence-corrected chi connectivity index (χ1v) is 12.4. The first-order valence-electron chi connectivity index (χ1n) is 12.4. The third-order valence-electron chi connectivity index (χ3n) is 5.86. The molecule has 4 amide bonds. The minimum Gasteiger partial charge on any atom is -0.337 e. The van der Waals surface area contributed by atoms with Gasteiger partial charge >= 0.3 is 6.03 Å². The van der Waals surface area contributed by atoms with E-state index in [-0.39, 0.29) is 22.9 Å². The van der Waals surface area contributed by atoms with Crippen LogP contribution in [0, 0.1) is 11.2 Å². The molecule has 2 aromatic carbocycles. The van der Waals surface area contributed by atoms with Crippen molar-refractivity contribution in [2.75, 3.05) is 38.0 Å². The van der Waals surface area contributed by atoms with E-state index in [4.69, 9.17) is 0 Å². The van der Waals surface area contributed by atoms with Gasteiger partial charge < -0.3 is 15.5 Å². The highest BCUT2D eigenvalue weighted by Crippen LogP contribution is 2.19. The molecule has 1 saturated heterocycles. The summed E-state index contributed by atoms with van der Waals surface area (Å²) in [6.45, 7) is 12.6. The van der Waals surface area contributed by atoms with Gasteiger partial charge in [0.1, 0.15) is 5.82 Å². The first-order chi connectivity index (χ1) is 17.4.